The van der Waals surface area contributed by atoms with E-state index in [4.69, 9.17) is 37.6 Å². The van der Waals surface area contributed by atoms with Gasteiger partial charge in [-0.2, -0.15) is 0 Å². The summed E-state index contributed by atoms with van der Waals surface area (Å²) in [6, 6.07) is 6.72. The van der Waals surface area contributed by atoms with Gasteiger partial charge < -0.3 is 53.1 Å². The zero-order chi connectivity index (χ0) is 53.3. The Labute approximate surface area is 426 Å². The van der Waals surface area contributed by atoms with Gasteiger partial charge in [0.1, 0.15) is 42.3 Å². The summed E-state index contributed by atoms with van der Waals surface area (Å²) in [5, 5.41) is 27.8. The number of esters is 3. The molecule has 3 saturated heterocycles. The fourth-order valence-corrected chi connectivity index (χ4v) is 19.3. The second-order valence-electron chi connectivity index (χ2n) is 24.4. The predicted molar refractivity (Wildman–Crippen MR) is 267 cm³/mol. The monoisotopic (exact) mass is 1030 g/mol. The van der Waals surface area contributed by atoms with Gasteiger partial charge in [0.15, 0.2) is 18.0 Å². The Morgan fingerprint density at radius 3 is 2.10 bits per heavy atom. The number of benzene rings is 1. The first-order valence-corrected chi connectivity index (χ1v) is 28.3. The Bertz CT molecular complexity index is 2170. The molecule has 404 valence electrons. The standard InChI is InChI=1S/C54H83FN2O14Si/c1-29(2)72(30(3)4,31(5)6)71-44(36(26-55)56-49(61)70-50(9,10)11)48(60)65-37-25-54(63)46(68-47(59)34-19-17-16-18-20-34)42-35(21-22-39-53(42,28-64-39)69-33(8)58)43-45(41(32(37)7)51(54,12)13)67-40(66-43)27-57-24-23-38(57)52(14,15)62/h16-20,29-31,35-40,42-46,62-63H,21-28H2,1-15H3,(H,56,61)/t35?,36-,37-,38-,39+,40-,42+,43-,44+,45+,46-,53-,54+/m0/s1. The number of amides is 1. The number of carbonyl (C=O) groups excluding carboxylic acids is 4. The van der Waals surface area contributed by atoms with Crippen LogP contribution < -0.4 is 5.32 Å². The highest BCUT2D eigenvalue weighted by Gasteiger charge is 2.74. The van der Waals surface area contributed by atoms with Gasteiger partial charge in [0, 0.05) is 43.8 Å². The van der Waals surface area contributed by atoms with Crippen molar-refractivity contribution in [2.45, 2.75) is 224 Å². The van der Waals surface area contributed by atoms with E-state index < -0.39 is 128 Å². The van der Waals surface area contributed by atoms with Gasteiger partial charge in [0.25, 0.3) is 0 Å². The van der Waals surface area contributed by atoms with E-state index in [1.807, 2.05) is 62.3 Å². The fourth-order valence-electron chi connectivity index (χ4n) is 13.8. The van der Waals surface area contributed by atoms with E-state index in [2.05, 4.69) is 10.2 Å². The third-order valence-electron chi connectivity index (χ3n) is 17.1. The van der Waals surface area contributed by atoms with Gasteiger partial charge in [0.2, 0.25) is 8.32 Å². The van der Waals surface area contributed by atoms with E-state index in [0.717, 1.165) is 6.42 Å². The second-order valence-corrected chi connectivity index (χ2v) is 29.8. The van der Waals surface area contributed by atoms with Gasteiger partial charge in [-0.1, -0.05) is 73.6 Å². The van der Waals surface area contributed by atoms with Gasteiger partial charge in [-0.3, -0.25) is 9.69 Å². The summed E-state index contributed by atoms with van der Waals surface area (Å²) in [6.45, 7) is 27.3. The maximum absolute atomic E-state index is 15.7. The molecule has 3 heterocycles. The van der Waals surface area contributed by atoms with E-state index in [1.165, 1.54) is 6.92 Å². The van der Waals surface area contributed by atoms with Crippen molar-refractivity contribution in [3.8, 4) is 0 Å². The minimum absolute atomic E-state index is 0.0430. The number of alkyl halides is 1. The topological polar surface area (TPSA) is 198 Å². The molecule has 0 aromatic heterocycles. The van der Waals surface area contributed by atoms with Crippen LogP contribution in [0, 0.1) is 17.3 Å². The molecule has 13 atom stereocenters. The SMILES string of the molecule is CC(=O)O[C@@]12CO[C@@H]1CCC1[C@@H]2[C@H](OC(=O)c2ccccc2)[C@]2(O)C[C@H](OC(=O)[C@H](O[Si](C(C)C)(C(C)C)C(C)C)[C@H](CF)NC(=O)OC(C)(C)C)C(C)=C([C@H]3O[C@@H](CN4CC[C@H]4C(C)(C)O)O[C@@H]13)C2(C)C. The zero-order valence-corrected chi connectivity index (χ0v) is 46.2. The minimum Gasteiger partial charge on any atom is -0.456 e. The fraction of sp³-hybridized carbons (Fsp3) is 0.778. The number of carbonyl (C=O) groups is 4. The molecule has 16 nitrogen and oxygen atoms in total. The summed E-state index contributed by atoms with van der Waals surface area (Å²) in [6.07, 6.45) is -6.98. The Hall–Kier alpha value is -3.49. The number of nitrogens with zero attached hydrogens (tertiary/aromatic N) is 1. The van der Waals surface area contributed by atoms with Gasteiger partial charge in [-0.15, -0.1) is 0 Å². The Morgan fingerprint density at radius 1 is 0.944 bits per heavy atom. The highest BCUT2D eigenvalue weighted by atomic mass is 28.4. The molecule has 7 rings (SSSR count). The van der Waals surface area contributed by atoms with Crippen LogP contribution in [0.2, 0.25) is 16.6 Å². The average molecular weight is 1030 g/mol. The summed E-state index contributed by atoms with van der Waals surface area (Å²) < 4.78 is 68.4. The molecule has 1 unspecified atom stereocenters. The van der Waals surface area contributed by atoms with Crippen LogP contribution in [0.3, 0.4) is 0 Å². The molecule has 5 fully saturated rings. The highest BCUT2D eigenvalue weighted by molar-refractivity contribution is 6.77. The molecule has 3 N–H and O–H groups in total. The van der Waals surface area contributed by atoms with E-state index in [-0.39, 0.29) is 41.3 Å². The van der Waals surface area contributed by atoms with E-state index >= 15 is 9.18 Å². The third-order valence-corrected chi connectivity index (χ3v) is 23.2. The number of alkyl carbamates (subject to hydrolysis) is 1. The van der Waals surface area contributed by atoms with Crippen molar-refractivity contribution in [1.82, 2.24) is 10.2 Å². The van der Waals surface area contributed by atoms with Crippen molar-refractivity contribution in [2.75, 3.05) is 26.4 Å². The minimum atomic E-state index is -3.04. The number of halogens is 1. The number of ether oxygens (including phenoxy) is 7. The lowest BCUT2D eigenvalue weighted by atomic mass is 9.49. The quantitative estimate of drug-likeness (QED) is 0.0629. The lowest BCUT2D eigenvalue weighted by molar-refractivity contribution is -0.330. The van der Waals surface area contributed by atoms with E-state index in [1.54, 1.807) is 65.0 Å². The van der Waals surface area contributed by atoms with Crippen molar-refractivity contribution < 1.29 is 71.4 Å². The number of nitrogens with one attached hydrogen (secondary N) is 1. The predicted octanol–water partition coefficient (Wildman–Crippen LogP) is 7.72. The summed E-state index contributed by atoms with van der Waals surface area (Å²) in [5.41, 5.74) is -5.60. The summed E-state index contributed by atoms with van der Waals surface area (Å²) >= 11 is 0. The van der Waals surface area contributed by atoms with Crippen LogP contribution in [0.1, 0.15) is 140 Å². The molecule has 18 heteroatoms. The summed E-state index contributed by atoms with van der Waals surface area (Å²) in [7, 11) is -3.04. The molecular weight excluding hydrogens is 948 g/mol. The van der Waals surface area contributed by atoms with Gasteiger partial charge >= 0.3 is 24.0 Å². The lowest BCUT2D eigenvalue weighted by Crippen LogP contribution is -2.77. The maximum Gasteiger partial charge on any atom is 0.408 e. The van der Waals surface area contributed by atoms with E-state index in [0.29, 0.717) is 37.1 Å². The Kier molecular flexibility index (Phi) is 16.1. The number of likely N-dealkylation sites (tertiary alicyclic amines) is 1. The number of aliphatic hydroxyl groups is 2. The largest absolute Gasteiger partial charge is 0.456 e. The first kappa shape index (κ1) is 56.2. The Morgan fingerprint density at radius 2 is 1.58 bits per heavy atom. The average Bonchev–Trinajstić information content (AvgIpc) is 3.65. The van der Waals surface area contributed by atoms with Crippen LogP contribution in [-0.2, 0) is 47.2 Å². The Balaban J connectivity index is 1.40. The van der Waals surface area contributed by atoms with Crippen molar-refractivity contribution in [1.29, 1.82) is 0 Å². The smallest absolute Gasteiger partial charge is 0.408 e. The zero-order valence-electron chi connectivity index (χ0n) is 45.2. The van der Waals surface area contributed by atoms with E-state index in [9.17, 15) is 24.6 Å². The third kappa shape index (κ3) is 10.2. The molecule has 3 aliphatic heterocycles. The molecule has 72 heavy (non-hydrogen) atoms. The van der Waals surface area contributed by atoms with Crippen LogP contribution >= 0.6 is 0 Å². The van der Waals surface area contributed by atoms with Gasteiger partial charge in [0.05, 0.1) is 29.9 Å². The summed E-state index contributed by atoms with van der Waals surface area (Å²) in [4.78, 5) is 58.8. The van der Waals surface area contributed by atoms with Crippen LogP contribution in [0.4, 0.5) is 9.18 Å². The van der Waals surface area contributed by atoms with Crippen molar-refractivity contribution >= 4 is 32.3 Å². The van der Waals surface area contributed by atoms with Crippen molar-refractivity contribution in [3.05, 3.63) is 47.0 Å². The molecule has 1 aromatic rings. The first-order valence-electron chi connectivity index (χ1n) is 26.1. The molecule has 3 aliphatic carbocycles. The summed E-state index contributed by atoms with van der Waals surface area (Å²) in [5.74, 6) is -3.76. The van der Waals surface area contributed by atoms with Gasteiger partial charge in [-0.05, 0) is 107 Å². The number of rotatable bonds is 16. The molecule has 0 radical (unpaired) electrons. The molecule has 1 aromatic carbocycles. The first-order chi connectivity index (χ1) is 33.4. The molecular formula is C54H83FN2O14Si. The number of fused-ring (bicyclic) bond motifs is 8. The molecule has 2 bridgehead atoms. The lowest BCUT2D eigenvalue weighted by Gasteiger charge is -2.65. The van der Waals surface area contributed by atoms with Crippen molar-refractivity contribution in [3.63, 3.8) is 0 Å². The normalized spacial score (nSPS) is 33.3. The van der Waals surface area contributed by atoms with Crippen molar-refractivity contribution in [2.24, 2.45) is 17.3 Å². The second kappa shape index (κ2) is 20.6. The maximum atomic E-state index is 15.7. The molecule has 2 saturated carbocycles. The number of hydrogen-bond donors (Lipinski definition) is 3. The van der Waals surface area contributed by atoms with Crippen LogP contribution in [0.25, 0.3) is 0 Å². The van der Waals surface area contributed by atoms with Gasteiger partial charge in [-0.25, -0.2) is 18.8 Å². The van der Waals surface area contributed by atoms with Crippen LogP contribution in [0.15, 0.2) is 41.5 Å². The number of hydrogen-bond acceptors (Lipinski definition) is 15. The molecule has 0 spiro atoms. The highest BCUT2D eigenvalue weighted by Crippen LogP contribution is 2.63. The molecule has 1 amide bonds. The molecule has 6 aliphatic rings. The van der Waals surface area contributed by atoms with Crippen LogP contribution in [0.5, 0.6) is 0 Å². The van der Waals surface area contributed by atoms with Crippen LogP contribution in [-0.4, -0.2) is 151 Å².